The van der Waals surface area contributed by atoms with Crippen molar-refractivity contribution >= 4 is 28.6 Å². The van der Waals surface area contributed by atoms with Crippen LogP contribution in [0, 0.1) is 11.3 Å². The smallest absolute Gasteiger partial charge is 0.101 e. The van der Waals surface area contributed by atoms with Crippen LogP contribution in [-0.4, -0.2) is 0 Å². The minimum absolute atomic E-state index is 0.225. The molecule has 0 spiro atoms. The predicted molar refractivity (Wildman–Crippen MR) is 72.5 cm³/mol. The van der Waals surface area contributed by atoms with E-state index in [1.54, 1.807) is 23.5 Å². The van der Waals surface area contributed by atoms with Crippen LogP contribution in [0.1, 0.15) is 23.4 Å². The number of hydrogen-bond donors (Lipinski definition) is 1. The maximum atomic E-state index is 8.90. The highest BCUT2D eigenvalue weighted by atomic mass is 35.5. The molecule has 17 heavy (non-hydrogen) atoms. The summed E-state index contributed by atoms with van der Waals surface area (Å²) in [4.78, 5) is 1.26. The van der Waals surface area contributed by atoms with Crippen LogP contribution in [0.15, 0.2) is 35.7 Å². The molecule has 1 heterocycles. The summed E-state index contributed by atoms with van der Waals surface area (Å²) >= 11 is 7.59. The third-order valence-corrected chi connectivity index (χ3v) is 3.82. The standard InChI is InChI=1S/C13H11ClN2S/c1-9(13-3-2-6-17-13)16-11-4-5-12(14)10(7-11)8-15/h2-7,9,16H,1H3. The van der Waals surface area contributed by atoms with E-state index in [0.717, 1.165) is 5.69 Å². The summed E-state index contributed by atoms with van der Waals surface area (Å²) in [5, 5.41) is 14.8. The van der Waals surface area contributed by atoms with Gasteiger partial charge in [-0.15, -0.1) is 11.3 Å². The second-order valence-corrected chi connectivity index (χ2v) is 5.07. The van der Waals surface area contributed by atoms with Gasteiger partial charge >= 0.3 is 0 Å². The average molecular weight is 263 g/mol. The van der Waals surface area contributed by atoms with E-state index < -0.39 is 0 Å². The van der Waals surface area contributed by atoms with E-state index in [0.29, 0.717) is 10.6 Å². The van der Waals surface area contributed by atoms with Gasteiger partial charge in [-0.3, -0.25) is 0 Å². The van der Waals surface area contributed by atoms with E-state index in [2.05, 4.69) is 29.8 Å². The van der Waals surface area contributed by atoms with Crippen molar-refractivity contribution in [2.24, 2.45) is 0 Å². The van der Waals surface area contributed by atoms with Crippen LogP contribution in [0.3, 0.4) is 0 Å². The molecule has 0 saturated heterocycles. The molecule has 0 fully saturated rings. The molecular weight excluding hydrogens is 252 g/mol. The molecule has 2 rings (SSSR count). The van der Waals surface area contributed by atoms with Gasteiger partial charge in [-0.2, -0.15) is 5.26 Å². The number of nitrogens with zero attached hydrogens (tertiary/aromatic N) is 1. The minimum atomic E-state index is 0.225. The van der Waals surface area contributed by atoms with Gasteiger partial charge in [0.15, 0.2) is 0 Å². The Kier molecular flexibility index (Phi) is 3.68. The van der Waals surface area contributed by atoms with E-state index in [1.165, 1.54) is 4.88 Å². The van der Waals surface area contributed by atoms with Gasteiger partial charge in [-0.05, 0) is 36.6 Å². The van der Waals surface area contributed by atoms with E-state index in [1.807, 2.05) is 12.1 Å². The summed E-state index contributed by atoms with van der Waals surface area (Å²) in [6, 6.07) is 11.8. The topological polar surface area (TPSA) is 35.8 Å². The van der Waals surface area contributed by atoms with Crippen molar-refractivity contribution in [2.45, 2.75) is 13.0 Å². The largest absolute Gasteiger partial charge is 0.378 e. The van der Waals surface area contributed by atoms with Crippen LogP contribution in [-0.2, 0) is 0 Å². The van der Waals surface area contributed by atoms with Crippen molar-refractivity contribution in [3.05, 3.63) is 51.2 Å². The molecule has 86 valence electrons. The molecule has 2 aromatic rings. The van der Waals surface area contributed by atoms with Gasteiger partial charge in [0.1, 0.15) is 6.07 Å². The first-order valence-electron chi connectivity index (χ1n) is 5.20. The number of hydrogen-bond acceptors (Lipinski definition) is 3. The number of halogens is 1. The molecule has 0 aliphatic rings. The summed E-state index contributed by atoms with van der Waals surface area (Å²) in [6.07, 6.45) is 0. The van der Waals surface area contributed by atoms with Crippen LogP contribution < -0.4 is 5.32 Å². The molecule has 4 heteroatoms. The van der Waals surface area contributed by atoms with Crippen molar-refractivity contribution in [3.63, 3.8) is 0 Å². The second-order valence-electron chi connectivity index (χ2n) is 3.69. The van der Waals surface area contributed by atoms with Crippen molar-refractivity contribution in [1.29, 1.82) is 5.26 Å². The normalized spacial score (nSPS) is 11.8. The fraction of sp³-hybridized carbons (Fsp3) is 0.154. The zero-order chi connectivity index (χ0) is 12.3. The Morgan fingerprint density at radius 3 is 2.88 bits per heavy atom. The zero-order valence-electron chi connectivity index (χ0n) is 9.27. The van der Waals surface area contributed by atoms with E-state index in [9.17, 15) is 0 Å². The van der Waals surface area contributed by atoms with Crippen LogP contribution in [0.4, 0.5) is 5.69 Å². The molecule has 0 aliphatic carbocycles. The lowest BCUT2D eigenvalue weighted by Crippen LogP contribution is -2.04. The fourth-order valence-electron chi connectivity index (χ4n) is 1.56. The molecular formula is C13H11ClN2S. The Hall–Kier alpha value is -1.50. The van der Waals surface area contributed by atoms with E-state index in [4.69, 9.17) is 16.9 Å². The molecule has 1 aromatic carbocycles. The Balaban J connectivity index is 2.17. The number of thiophene rings is 1. The molecule has 0 amide bonds. The lowest BCUT2D eigenvalue weighted by atomic mass is 10.2. The summed E-state index contributed by atoms with van der Waals surface area (Å²) in [5.74, 6) is 0. The average Bonchev–Trinajstić information content (AvgIpc) is 2.85. The predicted octanol–water partition coefficient (Wildman–Crippen LogP) is 4.45. The first-order valence-corrected chi connectivity index (χ1v) is 6.46. The zero-order valence-corrected chi connectivity index (χ0v) is 10.8. The van der Waals surface area contributed by atoms with E-state index in [-0.39, 0.29) is 6.04 Å². The van der Waals surface area contributed by atoms with Crippen molar-refractivity contribution in [2.75, 3.05) is 5.32 Å². The Morgan fingerprint density at radius 1 is 1.41 bits per heavy atom. The third kappa shape index (κ3) is 2.79. The van der Waals surface area contributed by atoms with Gasteiger partial charge in [0, 0.05) is 10.6 Å². The second kappa shape index (κ2) is 5.22. The molecule has 1 atom stereocenters. The summed E-state index contributed by atoms with van der Waals surface area (Å²) < 4.78 is 0. The monoisotopic (exact) mass is 262 g/mol. The summed E-state index contributed by atoms with van der Waals surface area (Å²) in [5.41, 5.74) is 1.40. The van der Waals surface area contributed by atoms with Gasteiger partial charge < -0.3 is 5.32 Å². The van der Waals surface area contributed by atoms with Crippen molar-refractivity contribution in [1.82, 2.24) is 0 Å². The van der Waals surface area contributed by atoms with Crippen LogP contribution in [0.2, 0.25) is 5.02 Å². The number of anilines is 1. The highest BCUT2D eigenvalue weighted by Crippen LogP contribution is 2.25. The SMILES string of the molecule is CC(Nc1ccc(Cl)c(C#N)c1)c1cccs1. The molecule has 2 nitrogen and oxygen atoms in total. The van der Waals surface area contributed by atoms with Gasteiger partial charge in [-0.25, -0.2) is 0 Å². The summed E-state index contributed by atoms with van der Waals surface area (Å²) in [7, 11) is 0. The lowest BCUT2D eigenvalue weighted by Gasteiger charge is -2.14. The molecule has 0 saturated carbocycles. The maximum absolute atomic E-state index is 8.90. The third-order valence-electron chi connectivity index (χ3n) is 2.44. The first-order chi connectivity index (χ1) is 8.20. The Labute approximate surface area is 109 Å². The number of benzene rings is 1. The molecule has 1 unspecified atom stereocenters. The number of nitriles is 1. The minimum Gasteiger partial charge on any atom is -0.378 e. The lowest BCUT2D eigenvalue weighted by molar-refractivity contribution is 0.908. The molecule has 1 N–H and O–H groups in total. The maximum Gasteiger partial charge on any atom is 0.101 e. The highest BCUT2D eigenvalue weighted by molar-refractivity contribution is 7.10. The molecule has 0 radical (unpaired) electrons. The number of rotatable bonds is 3. The fourth-order valence-corrected chi connectivity index (χ4v) is 2.45. The number of nitrogens with one attached hydrogen (secondary N) is 1. The van der Waals surface area contributed by atoms with Gasteiger partial charge in [-0.1, -0.05) is 17.7 Å². The summed E-state index contributed by atoms with van der Waals surface area (Å²) in [6.45, 7) is 2.09. The van der Waals surface area contributed by atoms with E-state index >= 15 is 0 Å². The van der Waals surface area contributed by atoms with Crippen LogP contribution >= 0.6 is 22.9 Å². The molecule has 0 bridgehead atoms. The Bertz CT molecular complexity index is 543. The Morgan fingerprint density at radius 2 is 2.24 bits per heavy atom. The molecule has 1 aromatic heterocycles. The molecule has 0 aliphatic heterocycles. The van der Waals surface area contributed by atoms with Crippen LogP contribution in [0.5, 0.6) is 0 Å². The quantitative estimate of drug-likeness (QED) is 0.887. The first kappa shape index (κ1) is 12.0. The highest BCUT2D eigenvalue weighted by Gasteiger charge is 2.07. The van der Waals surface area contributed by atoms with Crippen molar-refractivity contribution in [3.8, 4) is 6.07 Å². The van der Waals surface area contributed by atoms with Gasteiger partial charge in [0.25, 0.3) is 0 Å². The van der Waals surface area contributed by atoms with Gasteiger partial charge in [0.2, 0.25) is 0 Å². The van der Waals surface area contributed by atoms with Crippen LogP contribution in [0.25, 0.3) is 0 Å². The van der Waals surface area contributed by atoms with Crippen molar-refractivity contribution < 1.29 is 0 Å². The van der Waals surface area contributed by atoms with Gasteiger partial charge in [0.05, 0.1) is 16.6 Å².